The average molecular weight is 292 g/mol. The molecule has 1 amide bonds. The van der Waals surface area contributed by atoms with Crippen LogP contribution >= 0.6 is 0 Å². The van der Waals surface area contributed by atoms with Gasteiger partial charge in [0.15, 0.2) is 5.76 Å². The van der Waals surface area contributed by atoms with E-state index < -0.39 is 12.6 Å². The number of hydrogen-bond donors (Lipinski definition) is 1. The monoisotopic (exact) mass is 292 g/mol. The van der Waals surface area contributed by atoms with Crippen LogP contribution in [-0.2, 0) is 0 Å². The van der Waals surface area contributed by atoms with E-state index in [4.69, 9.17) is 4.42 Å². The second kappa shape index (κ2) is 7.33. The molecule has 0 aromatic carbocycles. The molecule has 1 rings (SSSR count). The standard InChI is InChI=1S/C13H19F3N2O2/c1-3-18(7-5-13(14,15)16)8-6-17-12(19)11-10(2)4-9-20-11/h4,9H,3,5-8H2,1-2H3,(H,17,19). The minimum absolute atomic E-state index is 0.0599. The van der Waals surface area contributed by atoms with E-state index in [1.807, 2.05) is 0 Å². The minimum atomic E-state index is -4.15. The fourth-order valence-corrected chi connectivity index (χ4v) is 1.73. The highest BCUT2D eigenvalue weighted by Gasteiger charge is 2.27. The number of nitrogens with zero attached hydrogens (tertiary/aromatic N) is 1. The van der Waals surface area contributed by atoms with Gasteiger partial charge in [-0.25, -0.2) is 0 Å². The summed E-state index contributed by atoms with van der Waals surface area (Å²) in [6, 6.07) is 1.68. The molecule has 1 N–H and O–H groups in total. The predicted octanol–water partition coefficient (Wildman–Crippen LogP) is 2.59. The highest BCUT2D eigenvalue weighted by molar-refractivity contribution is 5.92. The first-order valence-corrected chi connectivity index (χ1v) is 6.45. The third kappa shape index (κ3) is 5.64. The quantitative estimate of drug-likeness (QED) is 0.840. The predicted molar refractivity (Wildman–Crippen MR) is 68.6 cm³/mol. The molecule has 0 unspecified atom stereocenters. The van der Waals surface area contributed by atoms with Crippen molar-refractivity contribution >= 4 is 5.91 Å². The molecule has 114 valence electrons. The van der Waals surface area contributed by atoms with Crippen molar-refractivity contribution in [2.24, 2.45) is 0 Å². The number of carbonyl (C=O) groups is 1. The van der Waals surface area contributed by atoms with Gasteiger partial charge >= 0.3 is 6.18 Å². The van der Waals surface area contributed by atoms with Gasteiger partial charge in [0.1, 0.15) is 0 Å². The summed E-state index contributed by atoms with van der Waals surface area (Å²) in [5.74, 6) is -0.109. The number of aryl methyl sites for hydroxylation is 1. The minimum Gasteiger partial charge on any atom is -0.459 e. The molecule has 20 heavy (non-hydrogen) atoms. The van der Waals surface area contributed by atoms with E-state index in [0.29, 0.717) is 13.1 Å². The van der Waals surface area contributed by atoms with Crippen LogP contribution in [0.4, 0.5) is 13.2 Å². The van der Waals surface area contributed by atoms with Gasteiger partial charge in [-0.1, -0.05) is 6.92 Å². The summed E-state index contributed by atoms with van der Waals surface area (Å²) in [6.07, 6.45) is -3.57. The molecule has 0 aliphatic rings. The molecule has 0 saturated carbocycles. The first kappa shape index (κ1) is 16.6. The maximum Gasteiger partial charge on any atom is 0.390 e. The van der Waals surface area contributed by atoms with E-state index in [9.17, 15) is 18.0 Å². The molecule has 0 aliphatic heterocycles. The number of halogens is 3. The van der Waals surface area contributed by atoms with E-state index in [0.717, 1.165) is 5.56 Å². The van der Waals surface area contributed by atoms with Gasteiger partial charge in [-0.15, -0.1) is 0 Å². The molecule has 1 heterocycles. The highest BCUT2D eigenvalue weighted by Crippen LogP contribution is 2.19. The topological polar surface area (TPSA) is 45.5 Å². The normalized spacial score (nSPS) is 11.9. The Morgan fingerprint density at radius 1 is 1.40 bits per heavy atom. The summed E-state index contributed by atoms with van der Waals surface area (Å²) in [5.41, 5.74) is 0.729. The lowest BCUT2D eigenvalue weighted by Crippen LogP contribution is -2.36. The third-order valence-corrected chi connectivity index (χ3v) is 2.94. The van der Waals surface area contributed by atoms with E-state index in [1.54, 1.807) is 24.8 Å². The third-order valence-electron chi connectivity index (χ3n) is 2.94. The van der Waals surface area contributed by atoms with Gasteiger partial charge < -0.3 is 14.6 Å². The molecule has 7 heteroatoms. The van der Waals surface area contributed by atoms with Crippen LogP contribution in [0.3, 0.4) is 0 Å². The maximum absolute atomic E-state index is 12.1. The van der Waals surface area contributed by atoms with Crippen LogP contribution in [0.15, 0.2) is 16.7 Å². The van der Waals surface area contributed by atoms with Gasteiger partial charge in [0.2, 0.25) is 0 Å². The van der Waals surface area contributed by atoms with Crippen molar-refractivity contribution in [2.45, 2.75) is 26.4 Å². The summed E-state index contributed by atoms with van der Waals surface area (Å²) < 4.78 is 41.4. The van der Waals surface area contributed by atoms with E-state index in [1.165, 1.54) is 6.26 Å². The zero-order valence-electron chi connectivity index (χ0n) is 11.6. The van der Waals surface area contributed by atoms with Gasteiger partial charge in [-0.05, 0) is 19.5 Å². The Labute approximate surface area is 115 Å². The van der Waals surface area contributed by atoms with Crippen molar-refractivity contribution in [3.05, 3.63) is 23.7 Å². The zero-order chi connectivity index (χ0) is 15.2. The maximum atomic E-state index is 12.1. The summed E-state index contributed by atoms with van der Waals surface area (Å²) in [7, 11) is 0. The summed E-state index contributed by atoms with van der Waals surface area (Å²) >= 11 is 0. The molecule has 0 radical (unpaired) electrons. The van der Waals surface area contributed by atoms with Gasteiger partial charge in [0, 0.05) is 25.2 Å². The molecule has 0 fully saturated rings. The lowest BCUT2D eigenvalue weighted by Gasteiger charge is -2.21. The van der Waals surface area contributed by atoms with E-state index in [2.05, 4.69) is 5.32 Å². The number of carbonyl (C=O) groups excluding carboxylic acids is 1. The van der Waals surface area contributed by atoms with E-state index in [-0.39, 0.29) is 24.8 Å². The fraction of sp³-hybridized carbons (Fsp3) is 0.615. The van der Waals surface area contributed by atoms with E-state index >= 15 is 0 Å². The summed E-state index contributed by atoms with van der Waals surface area (Å²) in [5, 5.41) is 2.63. The summed E-state index contributed by atoms with van der Waals surface area (Å²) in [4.78, 5) is 13.4. The molecule has 0 saturated heterocycles. The molecular formula is C13H19F3N2O2. The SMILES string of the molecule is CCN(CCNC(=O)c1occc1C)CCC(F)(F)F. The van der Waals surface area contributed by atoms with Crippen molar-refractivity contribution < 1.29 is 22.4 Å². The molecule has 0 atom stereocenters. The average Bonchev–Trinajstić information content (AvgIpc) is 2.78. The van der Waals surface area contributed by atoms with Crippen molar-refractivity contribution in [3.63, 3.8) is 0 Å². The molecule has 0 bridgehead atoms. The van der Waals surface area contributed by atoms with Crippen LogP contribution in [0.5, 0.6) is 0 Å². The summed E-state index contributed by atoms with van der Waals surface area (Å²) in [6.45, 7) is 4.64. The Bertz CT molecular complexity index is 429. The van der Waals surface area contributed by atoms with Crippen molar-refractivity contribution in [1.82, 2.24) is 10.2 Å². The van der Waals surface area contributed by atoms with Crippen LogP contribution < -0.4 is 5.32 Å². The highest BCUT2D eigenvalue weighted by atomic mass is 19.4. The van der Waals surface area contributed by atoms with Crippen LogP contribution in [0, 0.1) is 6.92 Å². The fourth-order valence-electron chi connectivity index (χ4n) is 1.73. The lowest BCUT2D eigenvalue weighted by atomic mass is 10.2. The number of likely N-dealkylation sites (N-methyl/N-ethyl adjacent to an activating group) is 1. The molecule has 0 spiro atoms. The van der Waals surface area contributed by atoms with Gasteiger partial charge in [-0.3, -0.25) is 4.79 Å². The van der Waals surface area contributed by atoms with Crippen molar-refractivity contribution in [2.75, 3.05) is 26.2 Å². The zero-order valence-corrected chi connectivity index (χ0v) is 11.6. The number of nitrogens with one attached hydrogen (secondary N) is 1. The Morgan fingerprint density at radius 2 is 2.10 bits per heavy atom. The second-order valence-electron chi connectivity index (χ2n) is 4.49. The van der Waals surface area contributed by atoms with Crippen LogP contribution in [0.2, 0.25) is 0 Å². The Kier molecular flexibility index (Phi) is 6.06. The van der Waals surface area contributed by atoms with Crippen molar-refractivity contribution in [1.29, 1.82) is 0 Å². The number of rotatable bonds is 7. The Morgan fingerprint density at radius 3 is 2.60 bits per heavy atom. The van der Waals surface area contributed by atoms with Crippen molar-refractivity contribution in [3.8, 4) is 0 Å². The van der Waals surface area contributed by atoms with Gasteiger partial charge in [0.25, 0.3) is 5.91 Å². The second-order valence-corrected chi connectivity index (χ2v) is 4.49. The first-order valence-electron chi connectivity index (χ1n) is 6.45. The molecular weight excluding hydrogens is 273 g/mol. The largest absolute Gasteiger partial charge is 0.459 e. The smallest absolute Gasteiger partial charge is 0.390 e. The van der Waals surface area contributed by atoms with Crippen LogP contribution in [0.1, 0.15) is 29.5 Å². The number of hydrogen-bond acceptors (Lipinski definition) is 3. The Hall–Kier alpha value is -1.50. The molecule has 1 aromatic heterocycles. The lowest BCUT2D eigenvalue weighted by molar-refractivity contribution is -0.137. The van der Waals surface area contributed by atoms with Gasteiger partial charge in [-0.2, -0.15) is 13.2 Å². The number of furan rings is 1. The van der Waals surface area contributed by atoms with Gasteiger partial charge in [0.05, 0.1) is 12.7 Å². The number of alkyl halides is 3. The number of amides is 1. The Balaban J connectivity index is 2.31. The molecule has 0 aliphatic carbocycles. The molecule has 1 aromatic rings. The van der Waals surface area contributed by atoms with Crippen LogP contribution in [-0.4, -0.2) is 43.2 Å². The first-order chi connectivity index (χ1) is 9.33. The molecule has 4 nitrogen and oxygen atoms in total. The van der Waals surface area contributed by atoms with Crippen LogP contribution in [0.25, 0.3) is 0 Å².